The van der Waals surface area contributed by atoms with Crippen molar-refractivity contribution < 1.29 is 9.53 Å². The zero-order chi connectivity index (χ0) is 18.4. The molecule has 0 saturated carbocycles. The molecule has 0 heterocycles. The van der Waals surface area contributed by atoms with Gasteiger partial charge < -0.3 is 15.4 Å². The highest BCUT2D eigenvalue weighted by Gasteiger charge is 2.19. The Morgan fingerprint density at radius 2 is 1.88 bits per heavy atom. The molecule has 2 aromatic rings. The second-order valence-electron chi connectivity index (χ2n) is 7.03. The van der Waals surface area contributed by atoms with Crippen molar-refractivity contribution in [3.05, 3.63) is 63.6 Å². The van der Waals surface area contributed by atoms with Crippen LogP contribution >= 0.6 is 15.9 Å². The van der Waals surface area contributed by atoms with Crippen molar-refractivity contribution in [3.63, 3.8) is 0 Å². The van der Waals surface area contributed by atoms with Crippen molar-refractivity contribution in [2.24, 2.45) is 0 Å². The monoisotopic (exact) mass is 404 g/mol. The number of nitrogens with one attached hydrogen (secondary N) is 2. The van der Waals surface area contributed by atoms with Crippen LogP contribution in [0.25, 0.3) is 0 Å². The highest BCUT2D eigenvalue weighted by molar-refractivity contribution is 9.10. The number of hydrogen-bond donors (Lipinski definition) is 2. The molecule has 4 nitrogen and oxygen atoms in total. The lowest BCUT2D eigenvalue weighted by atomic mass is 9.85. The van der Waals surface area contributed by atoms with E-state index in [1.807, 2.05) is 36.4 Å². The smallest absolute Gasteiger partial charge is 0.317 e. The summed E-state index contributed by atoms with van der Waals surface area (Å²) in [5, 5.41) is 5.54. The molecule has 134 valence electrons. The molecule has 0 spiro atoms. The van der Waals surface area contributed by atoms with Crippen LogP contribution < -0.4 is 15.4 Å². The van der Waals surface area contributed by atoms with E-state index in [9.17, 15) is 4.79 Å². The maximum Gasteiger partial charge on any atom is 0.317 e. The second-order valence-corrected chi connectivity index (χ2v) is 7.94. The van der Waals surface area contributed by atoms with Crippen molar-refractivity contribution >= 4 is 22.0 Å². The summed E-state index contributed by atoms with van der Waals surface area (Å²) in [6.07, 6.45) is 0. The third-order valence-corrected chi connectivity index (χ3v) is 4.24. The summed E-state index contributed by atoms with van der Waals surface area (Å²) in [6, 6.07) is 13.7. The summed E-state index contributed by atoms with van der Waals surface area (Å²) >= 11 is 3.42. The topological polar surface area (TPSA) is 50.4 Å². The predicted octanol–water partition coefficient (Wildman–Crippen LogP) is 4.89. The lowest BCUT2D eigenvalue weighted by molar-refractivity contribution is 0.222. The van der Waals surface area contributed by atoms with Crippen LogP contribution in [0.2, 0.25) is 0 Å². The normalized spacial score (nSPS) is 11.1. The minimum absolute atomic E-state index is 0.0235. The van der Waals surface area contributed by atoms with Gasteiger partial charge in [-0.25, -0.2) is 4.79 Å². The number of benzene rings is 2. The van der Waals surface area contributed by atoms with E-state index in [0.29, 0.717) is 6.54 Å². The number of amides is 2. The molecule has 0 unspecified atom stereocenters. The molecule has 0 aromatic heterocycles. The number of carbonyl (C=O) groups excluding carboxylic acids is 1. The van der Waals surface area contributed by atoms with Crippen LogP contribution in [0.5, 0.6) is 5.75 Å². The van der Waals surface area contributed by atoms with E-state index in [4.69, 9.17) is 4.74 Å². The van der Waals surface area contributed by atoms with Crippen molar-refractivity contribution in [1.29, 1.82) is 0 Å². The lowest BCUT2D eigenvalue weighted by Crippen LogP contribution is -2.37. The van der Waals surface area contributed by atoms with Crippen LogP contribution in [0.15, 0.2) is 46.9 Å². The number of carbonyl (C=O) groups is 1. The van der Waals surface area contributed by atoms with Gasteiger partial charge >= 0.3 is 6.03 Å². The first kappa shape index (κ1) is 19.3. The van der Waals surface area contributed by atoms with Crippen molar-refractivity contribution in [2.75, 3.05) is 6.73 Å². The zero-order valence-corrected chi connectivity index (χ0v) is 16.7. The van der Waals surface area contributed by atoms with E-state index in [1.165, 1.54) is 5.56 Å². The van der Waals surface area contributed by atoms with E-state index in [-0.39, 0.29) is 18.2 Å². The highest BCUT2D eigenvalue weighted by atomic mass is 79.9. The third kappa shape index (κ3) is 6.09. The molecule has 25 heavy (non-hydrogen) atoms. The largest absolute Gasteiger partial charge is 0.473 e. The maximum absolute atomic E-state index is 11.9. The molecule has 0 radical (unpaired) electrons. The molecular weight excluding hydrogens is 380 g/mol. The van der Waals surface area contributed by atoms with E-state index >= 15 is 0 Å². The Labute approximate surface area is 158 Å². The third-order valence-electron chi connectivity index (χ3n) is 3.75. The molecule has 2 N–H and O–H groups in total. The quantitative estimate of drug-likeness (QED) is 0.696. The van der Waals surface area contributed by atoms with E-state index in [1.54, 1.807) is 0 Å². The van der Waals surface area contributed by atoms with Gasteiger partial charge in [0.25, 0.3) is 0 Å². The van der Waals surface area contributed by atoms with Crippen molar-refractivity contribution in [2.45, 2.75) is 39.7 Å². The Morgan fingerprint density at radius 3 is 2.56 bits per heavy atom. The van der Waals surface area contributed by atoms with Crippen molar-refractivity contribution in [3.8, 4) is 5.75 Å². The van der Waals surface area contributed by atoms with Crippen LogP contribution in [0, 0.1) is 6.92 Å². The fourth-order valence-electron chi connectivity index (χ4n) is 2.43. The fourth-order valence-corrected chi connectivity index (χ4v) is 2.87. The second kappa shape index (κ2) is 8.39. The van der Waals surface area contributed by atoms with Gasteiger partial charge in [-0.15, -0.1) is 0 Å². The summed E-state index contributed by atoms with van der Waals surface area (Å²) in [4.78, 5) is 11.9. The van der Waals surface area contributed by atoms with Crippen LogP contribution in [0.1, 0.15) is 37.5 Å². The van der Waals surface area contributed by atoms with Gasteiger partial charge in [0.1, 0.15) is 5.75 Å². The van der Waals surface area contributed by atoms with Gasteiger partial charge in [0.15, 0.2) is 6.73 Å². The van der Waals surface area contributed by atoms with Gasteiger partial charge in [-0.2, -0.15) is 0 Å². The van der Waals surface area contributed by atoms with Crippen LogP contribution in [-0.2, 0) is 12.0 Å². The Kier molecular flexibility index (Phi) is 6.48. The summed E-state index contributed by atoms with van der Waals surface area (Å²) in [7, 11) is 0. The first-order chi connectivity index (χ1) is 11.8. The average molecular weight is 405 g/mol. The molecule has 2 aromatic carbocycles. The SMILES string of the molecule is Cc1ccc(OCNC(=O)NCc2cccc(Br)c2)c(C(C)(C)C)c1. The highest BCUT2D eigenvalue weighted by Crippen LogP contribution is 2.31. The van der Waals surface area contributed by atoms with E-state index in [2.05, 4.69) is 60.3 Å². The Hall–Kier alpha value is -2.01. The lowest BCUT2D eigenvalue weighted by Gasteiger charge is -2.23. The van der Waals surface area contributed by atoms with Gasteiger partial charge in [-0.3, -0.25) is 0 Å². The Balaban J connectivity index is 1.85. The molecule has 0 fully saturated rings. The molecule has 2 amide bonds. The van der Waals surface area contributed by atoms with Gasteiger partial charge in [0.2, 0.25) is 0 Å². The van der Waals surface area contributed by atoms with Gasteiger partial charge in [-0.1, -0.05) is 66.5 Å². The Morgan fingerprint density at radius 1 is 1.12 bits per heavy atom. The number of aryl methyl sites for hydroxylation is 1. The number of halogens is 1. The summed E-state index contributed by atoms with van der Waals surface area (Å²) in [5.74, 6) is 0.797. The van der Waals surface area contributed by atoms with E-state index in [0.717, 1.165) is 21.3 Å². The van der Waals surface area contributed by atoms with Crippen molar-refractivity contribution in [1.82, 2.24) is 10.6 Å². The van der Waals surface area contributed by atoms with Crippen LogP contribution in [-0.4, -0.2) is 12.8 Å². The standard InChI is InChI=1S/C20H25BrN2O2/c1-14-8-9-18(17(10-14)20(2,3)4)25-13-23-19(24)22-12-15-6-5-7-16(21)11-15/h5-11H,12-13H2,1-4H3,(H2,22,23,24). The number of hydrogen-bond acceptors (Lipinski definition) is 2. The fraction of sp³-hybridized carbons (Fsp3) is 0.350. The Bertz CT molecular complexity index is 739. The van der Waals surface area contributed by atoms with Crippen LogP contribution in [0.3, 0.4) is 0 Å². The average Bonchev–Trinajstić information content (AvgIpc) is 2.53. The first-order valence-electron chi connectivity index (χ1n) is 8.26. The first-order valence-corrected chi connectivity index (χ1v) is 9.05. The molecule has 0 saturated heterocycles. The van der Waals surface area contributed by atoms with E-state index < -0.39 is 0 Å². The molecular formula is C20H25BrN2O2. The number of urea groups is 1. The minimum Gasteiger partial charge on any atom is -0.473 e. The van der Waals surface area contributed by atoms with Gasteiger partial charge in [-0.05, 0) is 41.7 Å². The molecule has 2 rings (SSSR count). The molecule has 0 aliphatic carbocycles. The molecule has 0 aliphatic heterocycles. The summed E-state index contributed by atoms with van der Waals surface area (Å²) < 4.78 is 6.77. The number of rotatable bonds is 5. The van der Waals surface area contributed by atoms with Crippen LogP contribution in [0.4, 0.5) is 4.79 Å². The number of ether oxygens (including phenoxy) is 1. The molecule has 0 aliphatic rings. The zero-order valence-electron chi connectivity index (χ0n) is 15.2. The predicted molar refractivity (Wildman–Crippen MR) is 105 cm³/mol. The molecule has 0 bridgehead atoms. The van der Waals surface area contributed by atoms with Gasteiger partial charge in [0, 0.05) is 11.0 Å². The summed E-state index contributed by atoms with van der Waals surface area (Å²) in [5.41, 5.74) is 3.32. The summed E-state index contributed by atoms with van der Waals surface area (Å²) in [6.45, 7) is 9.08. The molecule has 0 atom stereocenters. The maximum atomic E-state index is 11.9. The van der Waals surface area contributed by atoms with Gasteiger partial charge in [0.05, 0.1) is 0 Å². The minimum atomic E-state index is -0.260. The molecule has 5 heteroatoms.